The first-order valence-electron chi connectivity index (χ1n) is 4.56. The Hall–Kier alpha value is -1.75. The average molecular weight is 207 g/mol. The van der Waals surface area contributed by atoms with E-state index in [2.05, 4.69) is 15.8 Å². The van der Waals surface area contributed by atoms with E-state index in [-0.39, 0.29) is 5.82 Å². The number of rotatable bonds is 3. The number of amidine groups is 1. The summed E-state index contributed by atoms with van der Waals surface area (Å²) in [6.07, 6.45) is 0.470. The minimum absolute atomic E-state index is 0.267. The quantitative estimate of drug-likeness (QED) is 0.705. The maximum atomic E-state index is 13.2. The summed E-state index contributed by atoms with van der Waals surface area (Å²) in [6, 6.07) is 6.48. The molecule has 0 bridgehead atoms. The van der Waals surface area contributed by atoms with Crippen LogP contribution in [0.15, 0.2) is 29.3 Å². The van der Waals surface area contributed by atoms with Gasteiger partial charge in [-0.05, 0) is 11.6 Å². The minimum Gasteiger partial charge on any atom is -0.307 e. The largest absolute Gasteiger partial charge is 0.307 e. The molecule has 15 heavy (non-hydrogen) atoms. The maximum absolute atomic E-state index is 13.2. The van der Waals surface area contributed by atoms with Gasteiger partial charge in [-0.3, -0.25) is 4.79 Å². The number of nitrogens with zero attached hydrogens (tertiary/aromatic N) is 1. The molecule has 1 atom stereocenters. The Morgan fingerprint density at radius 3 is 2.93 bits per heavy atom. The third-order valence-electron chi connectivity index (χ3n) is 2.10. The van der Waals surface area contributed by atoms with E-state index in [0.717, 1.165) is 0 Å². The van der Waals surface area contributed by atoms with Gasteiger partial charge >= 0.3 is 0 Å². The number of hydrazine groups is 1. The second kappa shape index (κ2) is 4.18. The fraction of sp³-hybridized carbons (Fsp3) is 0.200. The van der Waals surface area contributed by atoms with Gasteiger partial charge < -0.3 is 5.43 Å². The Balaban J connectivity index is 2.10. The molecular weight excluding hydrogens is 197 g/mol. The highest BCUT2D eigenvalue weighted by Crippen LogP contribution is 2.08. The molecule has 1 aromatic carbocycles. The zero-order valence-corrected chi connectivity index (χ0v) is 7.90. The molecule has 0 aromatic heterocycles. The Kier molecular flexibility index (Phi) is 2.73. The number of nitrogens with one attached hydrogen (secondary N) is 2. The molecule has 1 aromatic rings. The Morgan fingerprint density at radius 1 is 1.47 bits per heavy atom. The van der Waals surface area contributed by atoms with Gasteiger partial charge in [-0.15, -0.1) is 0 Å². The van der Waals surface area contributed by atoms with Crippen molar-refractivity contribution in [1.29, 1.82) is 0 Å². The summed E-state index contributed by atoms with van der Waals surface area (Å²) in [5, 5.41) is 0. The van der Waals surface area contributed by atoms with Crippen molar-refractivity contribution in [1.82, 2.24) is 10.9 Å². The van der Waals surface area contributed by atoms with Crippen molar-refractivity contribution in [2.75, 3.05) is 0 Å². The van der Waals surface area contributed by atoms with Crippen LogP contribution in [0.3, 0.4) is 0 Å². The van der Waals surface area contributed by atoms with Gasteiger partial charge in [-0.25, -0.2) is 14.8 Å². The molecule has 2 N–H and O–H groups in total. The summed E-state index contributed by atoms with van der Waals surface area (Å²) in [5.41, 5.74) is 5.94. The van der Waals surface area contributed by atoms with E-state index >= 15 is 0 Å². The summed E-state index contributed by atoms with van der Waals surface area (Å²) >= 11 is 0. The van der Waals surface area contributed by atoms with Gasteiger partial charge in [-0.1, -0.05) is 18.2 Å². The van der Waals surface area contributed by atoms with Crippen molar-refractivity contribution in [3.8, 4) is 0 Å². The summed E-state index contributed by atoms with van der Waals surface area (Å²) in [7, 11) is 0. The van der Waals surface area contributed by atoms with E-state index in [0.29, 0.717) is 24.1 Å². The first-order valence-corrected chi connectivity index (χ1v) is 4.56. The molecule has 0 saturated heterocycles. The third-order valence-corrected chi connectivity index (χ3v) is 2.10. The lowest BCUT2D eigenvalue weighted by Gasteiger charge is -2.02. The zero-order valence-electron chi connectivity index (χ0n) is 7.90. The van der Waals surface area contributed by atoms with Gasteiger partial charge in [0.05, 0.1) is 0 Å². The van der Waals surface area contributed by atoms with E-state index in [9.17, 15) is 9.18 Å². The van der Waals surface area contributed by atoms with Crippen molar-refractivity contribution in [3.05, 3.63) is 35.6 Å². The standard InChI is InChI=1S/C10H10FN3O/c11-8-4-2-1-3-7(8)5-9-12-10(6-15)14-13-9/h1-4,6,10,14H,5H2,(H,12,13). The Labute approximate surface area is 86.2 Å². The van der Waals surface area contributed by atoms with Crippen molar-refractivity contribution >= 4 is 12.1 Å². The van der Waals surface area contributed by atoms with Gasteiger partial charge in [0, 0.05) is 6.42 Å². The maximum Gasteiger partial charge on any atom is 0.174 e. The Bertz CT molecular complexity index is 405. The van der Waals surface area contributed by atoms with Gasteiger partial charge in [0.25, 0.3) is 0 Å². The zero-order chi connectivity index (χ0) is 10.7. The topological polar surface area (TPSA) is 53.5 Å². The van der Waals surface area contributed by atoms with Gasteiger partial charge in [-0.2, -0.15) is 0 Å². The highest BCUT2D eigenvalue weighted by Gasteiger charge is 2.15. The number of aliphatic imine (C=N–C) groups is 1. The van der Waals surface area contributed by atoms with Gasteiger partial charge in [0.2, 0.25) is 0 Å². The van der Waals surface area contributed by atoms with Crippen LogP contribution in [-0.2, 0) is 11.2 Å². The second-order valence-corrected chi connectivity index (χ2v) is 3.19. The average Bonchev–Trinajstić information content (AvgIpc) is 2.69. The van der Waals surface area contributed by atoms with Crippen molar-refractivity contribution < 1.29 is 9.18 Å². The van der Waals surface area contributed by atoms with Crippen LogP contribution in [0.5, 0.6) is 0 Å². The van der Waals surface area contributed by atoms with Crippen LogP contribution in [-0.4, -0.2) is 18.3 Å². The van der Waals surface area contributed by atoms with Crippen molar-refractivity contribution in [2.24, 2.45) is 4.99 Å². The highest BCUT2D eigenvalue weighted by atomic mass is 19.1. The minimum atomic E-state index is -0.563. The van der Waals surface area contributed by atoms with E-state index < -0.39 is 6.17 Å². The lowest BCUT2D eigenvalue weighted by molar-refractivity contribution is -0.109. The molecule has 0 amide bonds. The third kappa shape index (κ3) is 2.19. The molecule has 0 fully saturated rings. The monoisotopic (exact) mass is 207 g/mol. The number of hydrogen-bond donors (Lipinski definition) is 2. The first kappa shape index (κ1) is 9.79. The molecule has 1 aliphatic rings. The summed E-state index contributed by atoms with van der Waals surface area (Å²) < 4.78 is 13.2. The van der Waals surface area contributed by atoms with Crippen molar-refractivity contribution in [2.45, 2.75) is 12.6 Å². The number of aldehydes is 1. The molecule has 1 aliphatic heterocycles. The Morgan fingerprint density at radius 2 is 2.27 bits per heavy atom. The molecular formula is C10H10FN3O. The van der Waals surface area contributed by atoms with Crippen molar-refractivity contribution in [3.63, 3.8) is 0 Å². The smallest absolute Gasteiger partial charge is 0.174 e. The summed E-state index contributed by atoms with van der Waals surface area (Å²) in [5.74, 6) is 0.300. The molecule has 0 radical (unpaired) electrons. The van der Waals surface area contributed by atoms with Crippen LogP contribution >= 0.6 is 0 Å². The molecule has 2 rings (SSSR count). The van der Waals surface area contributed by atoms with E-state index in [1.165, 1.54) is 6.07 Å². The van der Waals surface area contributed by atoms with Crippen LogP contribution in [0.1, 0.15) is 5.56 Å². The SMILES string of the molecule is O=CC1N=C(Cc2ccccc2F)NN1. The molecule has 4 nitrogen and oxygen atoms in total. The number of benzene rings is 1. The van der Waals surface area contributed by atoms with Gasteiger partial charge in [0.1, 0.15) is 11.7 Å². The molecule has 1 unspecified atom stereocenters. The normalized spacial score (nSPS) is 19.5. The highest BCUT2D eigenvalue weighted by molar-refractivity contribution is 5.87. The second-order valence-electron chi connectivity index (χ2n) is 3.19. The van der Waals surface area contributed by atoms with Crippen LogP contribution in [0.2, 0.25) is 0 Å². The van der Waals surface area contributed by atoms with Crippen LogP contribution in [0, 0.1) is 5.82 Å². The summed E-state index contributed by atoms with van der Waals surface area (Å²) in [4.78, 5) is 14.4. The number of halogens is 1. The van der Waals surface area contributed by atoms with E-state index in [4.69, 9.17) is 0 Å². The van der Waals surface area contributed by atoms with Crippen LogP contribution in [0.25, 0.3) is 0 Å². The molecule has 0 spiro atoms. The predicted octanol–water partition coefficient (Wildman–Crippen LogP) is 0.400. The number of hydrogen-bond acceptors (Lipinski definition) is 4. The first-order chi connectivity index (χ1) is 7.29. The molecule has 1 heterocycles. The lowest BCUT2D eigenvalue weighted by atomic mass is 10.1. The fourth-order valence-corrected chi connectivity index (χ4v) is 1.37. The number of carbonyl (C=O) groups is 1. The fourth-order valence-electron chi connectivity index (χ4n) is 1.37. The molecule has 5 heteroatoms. The van der Waals surface area contributed by atoms with E-state index in [1.807, 2.05) is 0 Å². The van der Waals surface area contributed by atoms with E-state index in [1.54, 1.807) is 18.2 Å². The molecule has 0 aliphatic carbocycles. The molecule has 0 saturated carbocycles. The van der Waals surface area contributed by atoms with Crippen LogP contribution < -0.4 is 10.9 Å². The van der Waals surface area contributed by atoms with Crippen LogP contribution in [0.4, 0.5) is 4.39 Å². The van der Waals surface area contributed by atoms with Gasteiger partial charge in [0.15, 0.2) is 12.5 Å². The lowest BCUT2D eigenvalue weighted by Crippen LogP contribution is -2.36. The predicted molar refractivity (Wildman–Crippen MR) is 53.7 cm³/mol. The summed E-state index contributed by atoms with van der Waals surface area (Å²) in [6.45, 7) is 0. The molecule has 78 valence electrons. The number of carbonyl (C=O) groups excluding carboxylic acids is 1.